The van der Waals surface area contributed by atoms with E-state index >= 15 is 0 Å². The number of amides is 2. The van der Waals surface area contributed by atoms with Gasteiger partial charge in [0, 0.05) is 17.3 Å². The molecule has 0 unspecified atom stereocenters. The number of carbonyl (C=O) groups is 2. The minimum absolute atomic E-state index is 0.244. The fourth-order valence-corrected chi connectivity index (χ4v) is 4.59. The van der Waals surface area contributed by atoms with Crippen LogP contribution in [0.2, 0.25) is 5.02 Å². The van der Waals surface area contributed by atoms with Crippen LogP contribution in [0.5, 0.6) is 0 Å². The summed E-state index contributed by atoms with van der Waals surface area (Å²) in [6.45, 7) is 5.60. The van der Waals surface area contributed by atoms with E-state index in [0.717, 1.165) is 11.1 Å². The normalized spacial score (nSPS) is 18.9. The molecule has 1 saturated heterocycles. The number of carbonyl (C=O) groups excluding carboxylic acids is 2. The number of nitrogens with one attached hydrogen (secondary N) is 1. The molecule has 1 aliphatic rings. The van der Waals surface area contributed by atoms with E-state index in [-0.39, 0.29) is 23.6 Å². The van der Waals surface area contributed by atoms with Crippen LogP contribution in [-0.2, 0) is 16.1 Å². The van der Waals surface area contributed by atoms with Crippen molar-refractivity contribution in [2.75, 3.05) is 5.75 Å². The summed E-state index contributed by atoms with van der Waals surface area (Å²) in [6.07, 6.45) is -0.547. The maximum atomic E-state index is 13.1. The van der Waals surface area contributed by atoms with E-state index in [4.69, 9.17) is 16.3 Å². The highest BCUT2D eigenvalue weighted by molar-refractivity contribution is 7.99. The fourth-order valence-electron chi connectivity index (χ4n) is 3.04. The largest absolute Gasteiger partial charge is 0.444 e. The molecular weight excluding hydrogens is 427 g/mol. The summed E-state index contributed by atoms with van der Waals surface area (Å²) in [5.41, 5.74) is 0.946. The number of halogens is 2. The maximum absolute atomic E-state index is 13.1. The van der Waals surface area contributed by atoms with Crippen molar-refractivity contribution in [3.05, 3.63) is 70.5 Å². The smallest absolute Gasteiger partial charge is 0.412 e. The molecule has 0 radical (unpaired) electrons. The molecule has 1 heterocycles. The van der Waals surface area contributed by atoms with E-state index < -0.39 is 17.7 Å². The number of hydrogen-bond donors (Lipinski definition) is 1. The lowest BCUT2D eigenvalue weighted by molar-refractivity contribution is -0.125. The van der Waals surface area contributed by atoms with E-state index in [1.54, 1.807) is 45.0 Å². The van der Waals surface area contributed by atoms with Gasteiger partial charge in [0.25, 0.3) is 0 Å². The summed E-state index contributed by atoms with van der Waals surface area (Å²) < 4.78 is 18.7. The Labute approximate surface area is 184 Å². The molecule has 0 aromatic heterocycles. The Hall–Kier alpha value is -2.25. The van der Waals surface area contributed by atoms with E-state index in [1.807, 2.05) is 12.1 Å². The molecule has 2 aromatic rings. The van der Waals surface area contributed by atoms with Crippen LogP contribution in [0.1, 0.15) is 37.3 Å². The molecule has 0 spiro atoms. The zero-order chi connectivity index (χ0) is 21.9. The first kappa shape index (κ1) is 22.4. The van der Waals surface area contributed by atoms with Gasteiger partial charge >= 0.3 is 6.09 Å². The average Bonchev–Trinajstić information content (AvgIpc) is 3.12. The number of benzene rings is 2. The first-order valence-electron chi connectivity index (χ1n) is 9.54. The molecule has 1 fully saturated rings. The highest BCUT2D eigenvalue weighted by Crippen LogP contribution is 2.42. The maximum Gasteiger partial charge on any atom is 0.412 e. The van der Waals surface area contributed by atoms with Crippen molar-refractivity contribution in [1.82, 2.24) is 10.2 Å². The Balaban J connectivity index is 1.78. The van der Waals surface area contributed by atoms with Crippen LogP contribution in [-0.4, -0.2) is 34.3 Å². The van der Waals surface area contributed by atoms with Crippen LogP contribution in [0.15, 0.2) is 48.5 Å². The Morgan fingerprint density at radius 2 is 1.80 bits per heavy atom. The Bertz CT molecular complexity index is 900. The van der Waals surface area contributed by atoms with Gasteiger partial charge in [0.1, 0.15) is 22.8 Å². The lowest BCUT2D eigenvalue weighted by atomic mass is 10.1. The molecule has 3 rings (SSSR count). The minimum Gasteiger partial charge on any atom is -0.444 e. The molecule has 0 saturated carbocycles. The fraction of sp³-hybridized carbons (Fsp3) is 0.364. The van der Waals surface area contributed by atoms with Gasteiger partial charge in [-0.15, -0.1) is 11.8 Å². The third-order valence-corrected chi connectivity index (χ3v) is 6.02. The average molecular weight is 451 g/mol. The molecule has 2 amide bonds. The molecule has 2 aromatic carbocycles. The van der Waals surface area contributed by atoms with Crippen molar-refractivity contribution in [3.8, 4) is 0 Å². The van der Waals surface area contributed by atoms with Crippen LogP contribution in [0.3, 0.4) is 0 Å². The summed E-state index contributed by atoms with van der Waals surface area (Å²) in [7, 11) is 0. The number of ether oxygens (including phenoxy) is 1. The lowest BCUT2D eigenvalue weighted by Gasteiger charge is -2.31. The van der Waals surface area contributed by atoms with Gasteiger partial charge in [0.2, 0.25) is 5.91 Å². The van der Waals surface area contributed by atoms with Crippen molar-refractivity contribution in [1.29, 1.82) is 0 Å². The van der Waals surface area contributed by atoms with Gasteiger partial charge in [-0.3, -0.25) is 9.69 Å². The van der Waals surface area contributed by atoms with E-state index in [0.29, 0.717) is 10.8 Å². The Kier molecular flexibility index (Phi) is 6.93. The monoisotopic (exact) mass is 450 g/mol. The zero-order valence-electron chi connectivity index (χ0n) is 17.0. The van der Waals surface area contributed by atoms with Crippen molar-refractivity contribution < 1.29 is 18.7 Å². The molecule has 8 heteroatoms. The number of thioether (sulfide) groups is 1. The van der Waals surface area contributed by atoms with Gasteiger partial charge in [-0.2, -0.15) is 0 Å². The predicted octanol–water partition coefficient (Wildman–Crippen LogP) is 5.15. The second kappa shape index (κ2) is 9.27. The highest BCUT2D eigenvalue weighted by Gasteiger charge is 2.44. The number of nitrogens with zero attached hydrogens (tertiary/aromatic N) is 1. The molecule has 5 nitrogen and oxygen atoms in total. The Morgan fingerprint density at radius 3 is 2.40 bits per heavy atom. The topological polar surface area (TPSA) is 58.6 Å². The van der Waals surface area contributed by atoms with Gasteiger partial charge in [0.15, 0.2) is 0 Å². The quantitative estimate of drug-likeness (QED) is 0.700. The van der Waals surface area contributed by atoms with Gasteiger partial charge < -0.3 is 10.1 Å². The molecule has 30 heavy (non-hydrogen) atoms. The molecule has 2 atom stereocenters. The third kappa shape index (κ3) is 5.67. The molecule has 0 aliphatic carbocycles. The standard InChI is InChI=1S/C22H24ClFN2O3S/c1-22(2,3)29-21(28)26-18(13-30-20(26)15-6-8-16(23)9-7-15)19(27)25-12-14-4-10-17(24)11-5-14/h4-11,18,20H,12-13H2,1-3H3,(H,25,27)/t18-,20+/m1/s1. The first-order valence-corrected chi connectivity index (χ1v) is 11.0. The van der Waals surface area contributed by atoms with Crippen molar-refractivity contribution >= 4 is 35.4 Å². The van der Waals surface area contributed by atoms with Gasteiger partial charge in [-0.05, 0) is 56.2 Å². The van der Waals surface area contributed by atoms with E-state index in [9.17, 15) is 14.0 Å². The third-order valence-electron chi connectivity index (χ3n) is 4.44. The second-order valence-corrected chi connectivity index (χ2v) is 9.53. The summed E-state index contributed by atoms with van der Waals surface area (Å²) in [5, 5.41) is 3.08. The van der Waals surface area contributed by atoms with Crippen LogP contribution in [0, 0.1) is 5.82 Å². The van der Waals surface area contributed by atoms with E-state index in [1.165, 1.54) is 28.8 Å². The summed E-state index contributed by atoms with van der Waals surface area (Å²) in [6, 6.07) is 12.4. The van der Waals surface area contributed by atoms with Crippen LogP contribution < -0.4 is 5.32 Å². The van der Waals surface area contributed by atoms with Crippen LogP contribution in [0.4, 0.5) is 9.18 Å². The zero-order valence-corrected chi connectivity index (χ0v) is 18.6. The van der Waals surface area contributed by atoms with Crippen molar-refractivity contribution in [3.63, 3.8) is 0 Å². The first-order chi connectivity index (χ1) is 14.1. The van der Waals surface area contributed by atoms with Crippen LogP contribution >= 0.6 is 23.4 Å². The van der Waals surface area contributed by atoms with Crippen molar-refractivity contribution in [2.24, 2.45) is 0 Å². The molecule has 1 aliphatic heterocycles. The summed E-state index contributed by atoms with van der Waals surface area (Å²) in [4.78, 5) is 27.4. The molecule has 160 valence electrons. The van der Waals surface area contributed by atoms with Gasteiger partial charge in [-0.25, -0.2) is 9.18 Å². The van der Waals surface area contributed by atoms with Crippen molar-refractivity contribution in [2.45, 2.75) is 44.3 Å². The minimum atomic E-state index is -0.690. The van der Waals surface area contributed by atoms with Gasteiger partial charge in [0.05, 0.1) is 0 Å². The molecular formula is C22H24ClFN2O3S. The lowest BCUT2D eigenvalue weighted by Crippen LogP contribution is -2.49. The highest BCUT2D eigenvalue weighted by atomic mass is 35.5. The van der Waals surface area contributed by atoms with Gasteiger partial charge in [-0.1, -0.05) is 35.9 Å². The molecule has 1 N–H and O–H groups in total. The molecule has 0 bridgehead atoms. The summed E-state index contributed by atoms with van der Waals surface area (Å²) in [5.74, 6) is -0.185. The van der Waals surface area contributed by atoms with Crippen LogP contribution in [0.25, 0.3) is 0 Å². The van der Waals surface area contributed by atoms with E-state index in [2.05, 4.69) is 5.32 Å². The number of hydrogen-bond acceptors (Lipinski definition) is 4. The Morgan fingerprint density at radius 1 is 1.17 bits per heavy atom. The second-order valence-electron chi connectivity index (χ2n) is 7.98. The number of rotatable bonds is 4. The summed E-state index contributed by atoms with van der Waals surface area (Å²) >= 11 is 7.49. The SMILES string of the molecule is CC(C)(C)OC(=O)N1[C@@H](C(=O)NCc2ccc(F)cc2)CS[C@H]1c1ccc(Cl)cc1. The predicted molar refractivity (Wildman–Crippen MR) is 117 cm³/mol.